The van der Waals surface area contributed by atoms with E-state index >= 15 is 0 Å². The molecule has 1 aliphatic rings. The van der Waals surface area contributed by atoms with Crippen LogP contribution in [0.15, 0.2) is 29.1 Å². The maximum Gasteiger partial charge on any atom is 0.345 e. The van der Waals surface area contributed by atoms with Crippen LogP contribution in [-0.4, -0.2) is 58.7 Å². The maximum absolute atomic E-state index is 12.7. The first kappa shape index (κ1) is 23.8. The number of carbonyl (C=O) groups is 1. The Morgan fingerprint density at radius 1 is 1.16 bits per heavy atom. The molecule has 0 unspecified atom stereocenters. The van der Waals surface area contributed by atoms with Crippen LogP contribution in [0.4, 0.5) is 10.5 Å². The van der Waals surface area contributed by atoms with Gasteiger partial charge in [-0.1, -0.05) is 13.3 Å². The predicted octanol–water partition coefficient (Wildman–Crippen LogP) is 3.30. The van der Waals surface area contributed by atoms with Crippen LogP contribution < -0.4 is 15.7 Å². The van der Waals surface area contributed by atoms with Crippen LogP contribution in [0.5, 0.6) is 5.75 Å². The van der Waals surface area contributed by atoms with Crippen LogP contribution in [0, 0.1) is 0 Å². The molecule has 3 rings (SSSR count). The standard InChI is InChI=1S/C23H35N5O4/c1-4-6-16-32-20-9-7-19(8-10-20)24-22(29)26-13-11-18(12-14-26)21-25-28(15-17-31-3)23(30)27(21)5-2/h7-10,18H,4-6,11-17H2,1-3H3,(H,24,29). The van der Waals surface area contributed by atoms with E-state index in [2.05, 4.69) is 17.3 Å². The van der Waals surface area contributed by atoms with Gasteiger partial charge in [0, 0.05) is 38.3 Å². The van der Waals surface area contributed by atoms with Crippen LogP contribution >= 0.6 is 0 Å². The van der Waals surface area contributed by atoms with Gasteiger partial charge in [0.2, 0.25) is 0 Å². The zero-order chi connectivity index (χ0) is 22.9. The summed E-state index contributed by atoms with van der Waals surface area (Å²) in [5, 5.41) is 7.53. The summed E-state index contributed by atoms with van der Waals surface area (Å²) < 4.78 is 14.0. The number of rotatable bonds is 10. The lowest BCUT2D eigenvalue weighted by Gasteiger charge is -2.31. The summed E-state index contributed by atoms with van der Waals surface area (Å²) in [6, 6.07) is 7.36. The van der Waals surface area contributed by atoms with Crippen molar-refractivity contribution < 1.29 is 14.3 Å². The third kappa shape index (κ3) is 5.91. The maximum atomic E-state index is 12.7. The Labute approximate surface area is 189 Å². The molecule has 0 spiro atoms. The number of amides is 2. The Kier molecular flexibility index (Phi) is 8.72. The lowest BCUT2D eigenvalue weighted by Crippen LogP contribution is -2.41. The molecule has 1 saturated heterocycles. The highest BCUT2D eigenvalue weighted by atomic mass is 16.5. The van der Waals surface area contributed by atoms with Gasteiger partial charge in [0.05, 0.1) is 19.8 Å². The van der Waals surface area contributed by atoms with Crippen molar-refractivity contribution in [3.8, 4) is 5.75 Å². The molecule has 32 heavy (non-hydrogen) atoms. The van der Waals surface area contributed by atoms with E-state index < -0.39 is 0 Å². The second-order valence-corrected chi connectivity index (χ2v) is 8.02. The number of urea groups is 1. The number of unbranched alkanes of at least 4 members (excludes halogenated alkanes) is 1. The summed E-state index contributed by atoms with van der Waals surface area (Å²) in [4.78, 5) is 27.1. The highest BCUT2D eigenvalue weighted by Crippen LogP contribution is 2.27. The normalized spacial score (nSPS) is 14.5. The van der Waals surface area contributed by atoms with Crippen LogP contribution in [0.3, 0.4) is 0 Å². The van der Waals surface area contributed by atoms with Crippen molar-refractivity contribution in [3.05, 3.63) is 40.6 Å². The van der Waals surface area contributed by atoms with E-state index in [4.69, 9.17) is 9.47 Å². The largest absolute Gasteiger partial charge is 0.494 e. The monoisotopic (exact) mass is 445 g/mol. The second kappa shape index (κ2) is 11.7. The SMILES string of the molecule is CCCCOc1ccc(NC(=O)N2CCC(c3nn(CCOC)c(=O)n3CC)CC2)cc1. The Morgan fingerprint density at radius 3 is 2.50 bits per heavy atom. The minimum atomic E-state index is -0.110. The van der Waals surface area contributed by atoms with E-state index in [0.717, 1.165) is 42.9 Å². The highest BCUT2D eigenvalue weighted by Gasteiger charge is 2.28. The number of ether oxygens (including phenoxy) is 2. The van der Waals surface area contributed by atoms with Crippen molar-refractivity contribution in [2.75, 3.05) is 38.7 Å². The molecule has 1 aliphatic heterocycles. The van der Waals surface area contributed by atoms with Gasteiger partial charge in [-0.3, -0.25) is 4.57 Å². The molecule has 1 fully saturated rings. The van der Waals surface area contributed by atoms with E-state index in [1.807, 2.05) is 36.1 Å². The van der Waals surface area contributed by atoms with E-state index in [-0.39, 0.29) is 17.6 Å². The number of methoxy groups -OCH3 is 1. The molecular formula is C23H35N5O4. The van der Waals surface area contributed by atoms with Gasteiger partial charge in [0.25, 0.3) is 0 Å². The zero-order valence-corrected chi connectivity index (χ0v) is 19.4. The van der Waals surface area contributed by atoms with Gasteiger partial charge in [-0.2, -0.15) is 5.10 Å². The van der Waals surface area contributed by atoms with Crippen LogP contribution in [-0.2, 0) is 17.8 Å². The Morgan fingerprint density at radius 2 is 1.88 bits per heavy atom. The van der Waals surface area contributed by atoms with Gasteiger partial charge < -0.3 is 19.7 Å². The minimum Gasteiger partial charge on any atom is -0.494 e. The molecule has 0 aliphatic carbocycles. The van der Waals surface area contributed by atoms with Gasteiger partial charge in [-0.05, 0) is 50.5 Å². The molecule has 2 aromatic rings. The van der Waals surface area contributed by atoms with Crippen LogP contribution in [0.1, 0.15) is 51.3 Å². The number of likely N-dealkylation sites (tertiary alicyclic amines) is 1. The first-order chi connectivity index (χ1) is 15.6. The number of nitrogens with one attached hydrogen (secondary N) is 1. The van der Waals surface area contributed by atoms with E-state index in [1.54, 1.807) is 11.7 Å². The van der Waals surface area contributed by atoms with E-state index in [0.29, 0.717) is 39.4 Å². The summed E-state index contributed by atoms with van der Waals surface area (Å²) in [6.07, 6.45) is 3.67. The average molecular weight is 446 g/mol. The van der Waals surface area contributed by atoms with Gasteiger partial charge in [-0.15, -0.1) is 0 Å². The summed E-state index contributed by atoms with van der Waals surface area (Å²) in [7, 11) is 1.61. The fraction of sp³-hybridized carbons (Fsp3) is 0.609. The molecular weight excluding hydrogens is 410 g/mol. The fourth-order valence-corrected chi connectivity index (χ4v) is 3.89. The Hall–Kier alpha value is -2.81. The summed E-state index contributed by atoms with van der Waals surface area (Å²) >= 11 is 0. The van der Waals surface area contributed by atoms with Crippen molar-refractivity contribution in [2.45, 2.75) is 58.5 Å². The van der Waals surface area contributed by atoms with E-state index in [9.17, 15) is 9.59 Å². The molecule has 0 bridgehead atoms. The Bertz CT molecular complexity index is 913. The number of benzene rings is 1. The number of aromatic nitrogens is 3. The fourth-order valence-electron chi connectivity index (χ4n) is 3.89. The van der Waals surface area contributed by atoms with Gasteiger partial charge >= 0.3 is 11.7 Å². The third-order valence-electron chi connectivity index (χ3n) is 5.79. The summed E-state index contributed by atoms with van der Waals surface area (Å²) in [5.74, 6) is 1.78. The number of nitrogens with zero attached hydrogens (tertiary/aromatic N) is 4. The summed E-state index contributed by atoms with van der Waals surface area (Å²) in [6.45, 7) is 7.51. The lowest BCUT2D eigenvalue weighted by atomic mass is 9.96. The van der Waals surface area contributed by atoms with Crippen LogP contribution in [0.25, 0.3) is 0 Å². The van der Waals surface area contributed by atoms with Crippen LogP contribution in [0.2, 0.25) is 0 Å². The van der Waals surface area contributed by atoms with Gasteiger partial charge in [0.15, 0.2) is 0 Å². The van der Waals surface area contributed by atoms with Crippen molar-refractivity contribution in [2.24, 2.45) is 0 Å². The minimum absolute atomic E-state index is 0.0955. The topological polar surface area (TPSA) is 90.6 Å². The molecule has 2 amide bonds. The zero-order valence-electron chi connectivity index (χ0n) is 19.4. The summed E-state index contributed by atoms with van der Waals surface area (Å²) in [5.41, 5.74) is 0.651. The van der Waals surface area contributed by atoms with Crippen molar-refractivity contribution >= 4 is 11.7 Å². The quantitative estimate of drug-likeness (QED) is 0.567. The first-order valence-electron chi connectivity index (χ1n) is 11.5. The van der Waals surface area contributed by atoms with Crippen molar-refractivity contribution in [3.63, 3.8) is 0 Å². The molecule has 0 atom stereocenters. The number of carbonyl (C=O) groups excluding carboxylic acids is 1. The molecule has 9 nitrogen and oxygen atoms in total. The lowest BCUT2D eigenvalue weighted by molar-refractivity contribution is 0.181. The highest BCUT2D eigenvalue weighted by molar-refractivity contribution is 5.89. The molecule has 2 heterocycles. The number of hydrogen-bond donors (Lipinski definition) is 1. The number of hydrogen-bond acceptors (Lipinski definition) is 5. The smallest absolute Gasteiger partial charge is 0.345 e. The van der Waals surface area contributed by atoms with E-state index in [1.165, 1.54) is 4.68 Å². The number of piperidine rings is 1. The second-order valence-electron chi connectivity index (χ2n) is 8.02. The van der Waals surface area contributed by atoms with Gasteiger partial charge in [0.1, 0.15) is 11.6 Å². The number of anilines is 1. The molecule has 1 N–H and O–H groups in total. The molecule has 9 heteroatoms. The van der Waals surface area contributed by atoms with Crippen molar-refractivity contribution in [1.82, 2.24) is 19.2 Å². The predicted molar refractivity (Wildman–Crippen MR) is 123 cm³/mol. The molecule has 176 valence electrons. The molecule has 0 saturated carbocycles. The Balaban J connectivity index is 1.54. The molecule has 1 aromatic heterocycles. The van der Waals surface area contributed by atoms with Crippen molar-refractivity contribution in [1.29, 1.82) is 0 Å². The first-order valence-corrected chi connectivity index (χ1v) is 11.5. The van der Waals surface area contributed by atoms with Gasteiger partial charge in [-0.25, -0.2) is 14.3 Å². The molecule has 0 radical (unpaired) electrons. The third-order valence-corrected chi connectivity index (χ3v) is 5.79. The average Bonchev–Trinajstić information content (AvgIpc) is 3.14. The molecule has 1 aromatic carbocycles.